The Kier molecular flexibility index (Phi) is 7.39. The quantitative estimate of drug-likeness (QED) is 0.406. The van der Waals surface area contributed by atoms with Gasteiger partial charge in [-0.1, -0.05) is 30.3 Å². The van der Waals surface area contributed by atoms with Gasteiger partial charge >= 0.3 is 0 Å². The van der Waals surface area contributed by atoms with Gasteiger partial charge in [-0.2, -0.15) is 0 Å². The van der Waals surface area contributed by atoms with Gasteiger partial charge in [0.1, 0.15) is 12.4 Å². The summed E-state index contributed by atoms with van der Waals surface area (Å²) in [6.45, 7) is 5.89. The van der Waals surface area contributed by atoms with Crippen molar-refractivity contribution in [1.29, 1.82) is 0 Å². The molecule has 0 radical (unpaired) electrons. The Balaban J connectivity index is 0.00000243. The van der Waals surface area contributed by atoms with Crippen molar-refractivity contribution < 1.29 is 5.11 Å². The highest BCUT2D eigenvalue weighted by molar-refractivity contribution is 14.0. The van der Waals surface area contributed by atoms with E-state index in [0.29, 0.717) is 13.1 Å². The molecule has 2 aromatic rings. The van der Waals surface area contributed by atoms with Crippen molar-refractivity contribution >= 4 is 29.9 Å². The van der Waals surface area contributed by atoms with E-state index >= 15 is 0 Å². The van der Waals surface area contributed by atoms with Crippen LogP contribution in [-0.4, -0.2) is 49.9 Å². The number of aryl methyl sites for hydroxylation is 1. The Morgan fingerprint density at radius 3 is 2.65 bits per heavy atom. The fourth-order valence-corrected chi connectivity index (χ4v) is 2.92. The van der Waals surface area contributed by atoms with E-state index in [4.69, 9.17) is 4.99 Å². The third-order valence-corrected chi connectivity index (χ3v) is 4.66. The summed E-state index contributed by atoms with van der Waals surface area (Å²) in [4.78, 5) is 6.85. The number of rotatable bonds is 4. The van der Waals surface area contributed by atoms with Gasteiger partial charge in [-0.05, 0) is 25.8 Å². The lowest BCUT2D eigenvalue weighted by atomic mass is 10.1. The Morgan fingerprint density at radius 2 is 2.08 bits per heavy atom. The summed E-state index contributed by atoms with van der Waals surface area (Å²) in [6, 6.07) is 10.4. The molecule has 1 fully saturated rings. The molecular formula is C18H27IN6O. The van der Waals surface area contributed by atoms with Crippen LogP contribution in [0.4, 0.5) is 0 Å². The summed E-state index contributed by atoms with van der Waals surface area (Å²) >= 11 is 0. The number of nitrogens with zero attached hydrogens (tertiary/aromatic N) is 5. The molecule has 1 aliphatic heterocycles. The van der Waals surface area contributed by atoms with Gasteiger partial charge in [0, 0.05) is 20.1 Å². The van der Waals surface area contributed by atoms with Gasteiger partial charge in [0.2, 0.25) is 0 Å². The highest BCUT2D eigenvalue weighted by Crippen LogP contribution is 2.15. The summed E-state index contributed by atoms with van der Waals surface area (Å²) in [6.07, 6.45) is 0.472. The van der Waals surface area contributed by atoms with Crippen LogP contribution in [0.3, 0.4) is 0 Å². The van der Waals surface area contributed by atoms with Crippen LogP contribution in [0.2, 0.25) is 0 Å². The van der Waals surface area contributed by atoms with E-state index in [1.54, 1.807) is 0 Å². The van der Waals surface area contributed by atoms with Crippen molar-refractivity contribution in [3.05, 3.63) is 47.5 Å². The van der Waals surface area contributed by atoms with Crippen LogP contribution < -0.4 is 5.32 Å². The standard InChI is InChI=1S/C18H26N6O.HI/c1-13(15-7-5-4-6-8-15)20-18(24-10-9-16(25)12-24)19-11-17-22-21-14(2)23(17)3;/h4-8,13,16,25H,9-12H2,1-3H3,(H,19,20);1H/t13?,16-;/m1./s1. The highest BCUT2D eigenvalue weighted by atomic mass is 127. The number of halogens is 1. The van der Waals surface area contributed by atoms with Crippen molar-refractivity contribution in [2.24, 2.45) is 12.0 Å². The number of aliphatic imine (C=N–C) groups is 1. The minimum absolute atomic E-state index is 0. The van der Waals surface area contributed by atoms with Crippen LogP contribution in [0.1, 0.15) is 36.6 Å². The summed E-state index contributed by atoms with van der Waals surface area (Å²) < 4.78 is 1.95. The molecular weight excluding hydrogens is 443 g/mol. The largest absolute Gasteiger partial charge is 0.391 e. The summed E-state index contributed by atoms with van der Waals surface area (Å²) in [7, 11) is 1.94. The molecule has 0 amide bonds. The van der Waals surface area contributed by atoms with Gasteiger partial charge in [0.25, 0.3) is 0 Å². The van der Waals surface area contributed by atoms with Crippen molar-refractivity contribution in [1.82, 2.24) is 25.0 Å². The molecule has 8 heteroatoms. The predicted molar refractivity (Wildman–Crippen MR) is 112 cm³/mol. The monoisotopic (exact) mass is 470 g/mol. The van der Waals surface area contributed by atoms with Crippen LogP contribution in [0, 0.1) is 6.92 Å². The summed E-state index contributed by atoms with van der Waals surface area (Å²) in [5.41, 5.74) is 1.20. The van der Waals surface area contributed by atoms with Crippen LogP contribution >= 0.6 is 24.0 Å². The number of guanidine groups is 1. The van der Waals surface area contributed by atoms with Gasteiger partial charge in [-0.25, -0.2) is 4.99 Å². The number of hydrogen-bond donors (Lipinski definition) is 2. The number of nitrogens with one attached hydrogen (secondary N) is 1. The van der Waals surface area contributed by atoms with Crippen molar-refractivity contribution in [2.75, 3.05) is 13.1 Å². The third kappa shape index (κ3) is 4.94. The first kappa shape index (κ1) is 20.6. The van der Waals surface area contributed by atoms with Gasteiger partial charge in [-0.3, -0.25) is 0 Å². The maximum Gasteiger partial charge on any atom is 0.194 e. The smallest absolute Gasteiger partial charge is 0.194 e. The fourth-order valence-electron chi connectivity index (χ4n) is 2.92. The fraction of sp³-hybridized carbons (Fsp3) is 0.500. The first-order valence-electron chi connectivity index (χ1n) is 8.68. The van der Waals surface area contributed by atoms with E-state index in [0.717, 1.165) is 30.6 Å². The van der Waals surface area contributed by atoms with Crippen LogP contribution in [0.5, 0.6) is 0 Å². The maximum atomic E-state index is 9.88. The first-order chi connectivity index (χ1) is 12.0. The van der Waals surface area contributed by atoms with Gasteiger partial charge < -0.3 is 19.9 Å². The number of β-amino-alcohol motifs (C(OH)–C–C–N with tert-alkyl or cyclic N) is 1. The molecule has 2 N–H and O–H groups in total. The predicted octanol–water partition coefficient (Wildman–Crippen LogP) is 2.01. The second-order valence-corrected chi connectivity index (χ2v) is 6.53. The van der Waals surface area contributed by atoms with E-state index in [-0.39, 0.29) is 36.1 Å². The lowest BCUT2D eigenvalue weighted by Crippen LogP contribution is -2.41. The number of aromatic nitrogens is 3. The lowest BCUT2D eigenvalue weighted by Gasteiger charge is -2.25. The normalized spacial score (nSPS) is 18.5. The average Bonchev–Trinajstić information content (AvgIpc) is 3.19. The Morgan fingerprint density at radius 1 is 1.35 bits per heavy atom. The number of benzene rings is 1. The van der Waals surface area contributed by atoms with Gasteiger partial charge in [0.15, 0.2) is 11.8 Å². The molecule has 0 spiro atoms. The molecule has 1 aromatic carbocycles. The molecule has 26 heavy (non-hydrogen) atoms. The second kappa shape index (κ2) is 9.31. The molecule has 1 aromatic heterocycles. The zero-order valence-electron chi connectivity index (χ0n) is 15.5. The molecule has 2 heterocycles. The van der Waals surface area contributed by atoms with Crippen molar-refractivity contribution in [3.8, 4) is 0 Å². The maximum absolute atomic E-state index is 9.88. The molecule has 3 rings (SSSR count). The van der Waals surface area contributed by atoms with E-state index < -0.39 is 0 Å². The summed E-state index contributed by atoms with van der Waals surface area (Å²) in [5, 5.41) is 21.6. The SMILES string of the molecule is Cc1nnc(CN=C(NC(C)c2ccccc2)N2CC[C@@H](O)C2)n1C.I. The molecule has 7 nitrogen and oxygen atoms in total. The van der Waals surface area contributed by atoms with Gasteiger partial charge in [0.05, 0.1) is 12.1 Å². The number of aliphatic hydroxyl groups is 1. The number of likely N-dealkylation sites (tertiary alicyclic amines) is 1. The van der Waals surface area contributed by atoms with Gasteiger partial charge in [-0.15, -0.1) is 34.2 Å². The van der Waals surface area contributed by atoms with Crippen molar-refractivity contribution in [2.45, 2.75) is 39.0 Å². The Labute approximate surface area is 171 Å². The molecule has 0 saturated carbocycles. The minimum Gasteiger partial charge on any atom is -0.391 e. The van der Waals surface area contributed by atoms with E-state index in [9.17, 15) is 5.11 Å². The minimum atomic E-state index is -0.295. The Bertz CT molecular complexity index is 733. The zero-order valence-corrected chi connectivity index (χ0v) is 17.8. The molecule has 1 unspecified atom stereocenters. The number of aliphatic hydroxyl groups excluding tert-OH is 1. The van der Waals surface area contributed by atoms with Crippen molar-refractivity contribution in [3.63, 3.8) is 0 Å². The van der Waals surface area contributed by atoms with E-state index in [2.05, 4.69) is 39.5 Å². The van der Waals surface area contributed by atoms with E-state index in [1.165, 1.54) is 5.56 Å². The first-order valence-corrected chi connectivity index (χ1v) is 8.68. The second-order valence-electron chi connectivity index (χ2n) is 6.53. The van der Waals surface area contributed by atoms with Crippen LogP contribution in [-0.2, 0) is 13.6 Å². The van der Waals surface area contributed by atoms with Crippen LogP contribution in [0.25, 0.3) is 0 Å². The highest BCUT2D eigenvalue weighted by Gasteiger charge is 2.24. The molecule has 2 atom stereocenters. The summed E-state index contributed by atoms with van der Waals surface area (Å²) in [5.74, 6) is 2.49. The molecule has 1 saturated heterocycles. The molecule has 0 bridgehead atoms. The molecule has 0 aliphatic carbocycles. The van der Waals surface area contributed by atoms with Crippen LogP contribution in [0.15, 0.2) is 35.3 Å². The molecule has 1 aliphatic rings. The van der Waals surface area contributed by atoms with E-state index in [1.807, 2.05) is 36.7 Å². The molecule has 142 valence electrons. The average molecular weight is 470 g/mol. The zero-order chi connectivity index (χ0) is 17.8. The lowest BCUT2D eigenvalue weighted by molar-refractivity contribution is 0.187. The topological polar surface area (TPSA) is 78.6 Å². The third-order valence-electron chi connectivity index (χ3n) is 4.66. The Hall–Kier alpha value is -1.68. The number of hydrogen-bond acceptors (Lipinski definition) is 4.